The van der Waals surface area contributed by atoms with Crippen molar-refractivity contribution in [3.05, 3.63) is 18.2 Å². The molecule has 1 atom stereocenters. The molecule has 0 saturated heterocycles. The summed E-state index contributed by atoms with van der Waals surface area (Å²) >= 11 is 0. The number of aromatic nitrogens is 2. The van der Waals surface area contributed by atoms with Gasteiger partial charge in [-0.15, -0.1) is 0 Å². The highest BCUT2D eigenvalue weighted by Crippen LogP contribution is 2.04. The van der Waals surface area contributed by atoms with Crippen molar-refractivity contribution >= 4 is 12.0 Å². The number of imidazole rings is 1. The second kappa shape index (κ2) is 6.63. The van der Waals surface area contributed by atoms with Crippen LogP contribution in [0.3, 0.4) is 0 Å². The zero-order chi connectivity index (χ0) is 13.5. The Balaban J connectivity index is 2.39. The predicted octanol–water partition coefficient (Wildman–Crippen LogP) is 0.708. The summed E-state index contributed by atoms with van der Waals surface area (Å²) in [6.07, 6.45) is 3.49. The van der Waals surface area contributed by atoms with Gasteiger partial charge in [-0.05, 0) is 12.3 Å². The maximum absolute atomic E-state index is 11.5. The highest BCUT2D eigenvalue weighted by molar-refractivity contribution is 5.82. The number of carboxylic acid groups (broad SMARTS) is 1. The van der Waals surface area contributed by atoms with Crippen molar-refractivity contribution in [2.45, 2.75) is 32.9 Å². The van der Waals surface area contributed by atoms with Crippen molar-refractivity contribution < 1.29 is 14.7 Å². The summed E-state index contributed by atoms with van der Waals surface area (Å²) < 4.78 is 0. The van der Waals surface area contributed by atoms with Gasteiger partial charge in [-0.25, -0.2) is 14.6 Å². The number of carbonyl (C=O) groups is 2. The van der Waals surface area contributed by atoms with E-state index in [-0.39, 0.29) is 12.5 Å². The Morgan fingerprint density at radius 3 is 2.72 bits per heavy atom. The minimum Gasteiger partial charge on any atom is -0.480 e. The fourth-order valence-corrected chi connectivity index (χ4v) is 1.46. The third-order valence-corrected chi connectivity index (χ3v) is 2.30. The Bertz CT molecular complexity index is 389. The lowest BCUT2D eigenvalue weighted by Crippen LogP contribution is -2.46. The van der Waals surface area contributed by atoms with Crippen molar-refractivity contribution in [3.63, 3.8) is 0 Å². The van der Waals surface area contributed by atoms with Gasteiger partial charge in [-0.3, -0.25) is 0 Å². The lowest BCUT2D eigenvalue weighted by Gasteiger charge is -2.16. The molecule has 1 heterocycles. The molecular formula is C11H18N4O3. The largest absolute Gasteiger partial charge is 0.480 e. The second-order valence-electron chi connectivity index (χ2n) is 4.42. The Morgan fingerprint density at radius 2 is 2.22 bits per heavy atom. The van der Waals surface area contributed by atoms with Crippen LogP contribution in [-0.4, -0.2) is 33.1 Å². The smallest absolute Gasteiger partial charge is 0.326 e. The normalized spacial score (nSPS) is 12.2. The van der Waals surface area contributed by atoms with Gasteiger partial charge in [0.2, 0.25) is 0 Å². The highest BCUT2D eigenvalue weighted by Gasteiger charge is 2.20. The lowest BCUT2D eigenvalue weighted by atomic mass is 10.0. The molecule has 7 heteroatoms. The summed E-state index contributed by atoms with van der Waals surface area (Å²) in [6.45, 7) is 4.08. The highest BCUT2D eigenvalue weighted by atomic mass is 16.4. The quantitative estimate of drug-likeness (QED) is 0.599. The number of nitrogens with zero attached hydrogens (tertiary/aromatic N) is 1. The molecule has 0 radical (unpaired) electrons. The number of rotatable bonds is 6. The van der Waals surface area contributed by atoms with E-state index < -0.39 is 18.0 Å². The standard InChI is InChI=1S/C11H18N4O3/c1-7(2)3-9(10(16)17)15-11(18)13-5-8-4-12-6-14-8/h4,6-7,9H,3,5H2,1-2H3,(H,12,14)(H,16,17)(H2,13,15,18). The van der Waals surface area contributed by atoms with E-state index in [4.69, 9.17) is 5.11 Å². The molecule has 1 unspecified atom stereocenters. The first-order valence-electron chi connectivity index (χ1n) is 5.73. The fraction of sp³-hybridized carbons (Fsp3) is 0.545. The number of carbonyl (C=O) groups excluding carboxylic acids is 1. The molecule has 0 aliphatic rings. The first-order chi connectivity index (χ1) is 8.49. The molecule has 100 valence electrons. The topological polar surface area (TPSA) is 107 Å². The minimum absolute atomic E-state index is 0.194. The number of urea groups is 1. The van der Waals surface area contributed by atoms with Gasteiger partial charge in [0.1, 0.15) is 6.04 Å². The molecule has 0 bridgehead atoms. The molecule has 0 fully saturated rings. The number of amides is 2. The fourth-order valence-electron chi connectivity index (χ4n) is 1.46. The first kappa shape index (κ1) is 14.0. The van der Waals surface area contributed by atoms with Crippen LogP contribution in [-0.2, 0) is 11.3 Å². The molecule has 1 aromatic rings. The summed E-state index contributed by atoms with van der Waals surface area (Å²) in [6, 6.07) is -1.37. The molecule has 7 nitrogen and oxygen atoms in total. The number of hydrogen-bond acceptors (Lipinski definition) is 3. The zero-order valence-electron chi connectivity index (χ0n) is 10.4. The van der Waals surface area contributed by atoms with E-state index in [0.717, 1.165) is 5.69 Å². The minimum atomic E-state index is -1.03. The monoisotopic (exact) mass is 254 g/mol. The van der Waals surface area contributed by atoms with Crippen LogP contribution < -0.4 is 10.6 Å². The molecular weight excluding hydrogens is 236 g/mol. The van der Waals surface area contributed by atoms with Gasteiger partial charge in [0.15, 0.2) is 0 Å². The predicted molar refractivity (Wildman–Crippen MR) is 64.8 cm³/mol. The van der Waals surface area contributed by atoms with Crippen LogP contribution >= 0.6 is 0 Å². The van der Waals surface area contributed by atoms with Gasteiger partial charge < -0.3 is 20.7 Å². The summed E-state index contributed by atoms with van der Waals surface area (Å²) in [5.41, 5.74) is 0.751. The van der Waals surface area contributed by atoms with E-state index in [0.29, 0.717) is 6.42 Å². The van der Waals surface area contributed by atoms with Crippen LogP contribution in [0, 0.1) is 5.92 Å². The SMILES string of the molecule is CC(C)CC(NC(=O)NCc1cnc[nH]1)C(=O)O. The first-order valence-corrected chi connectivity index (χ1v) is 5.73. The van der Waals surface area contributed by atoms with Crippen molar-refractivity contribution in [1.29, 1.82) is 0 Å². The van der Waals surface area contributed by atoms with E-state index in [9.17, 15) is 9.59 Å². The molecule has 1 rings (SSSR count). The summed E-state index contributed by atoms with van der Waals surface area (Å²) in [5, 5.41) is 13.9. The maximum atomic E-state index is 11.5. The van der Waals surface area contributed by atoms with Crippen molar-refractivity contribution in [3.8, 4) is 0 Å². The molecule has 0 aliphatic carbocycles. The molecule has 0 aromatic carbocycles. The third-order valence-electron chi connectivity index (χ3n) is 2.30. The Hall–Kier alpha value is -2.05. The number of carboxylic acids is 1. The Labute approximate surface area is 105 Å². The number of aromatic amines is 1. The number of aliphatic carboxylic acids is 1. The molecule has 0 spiro atoms. The van der Waals surface area contributed by atoms with Gasteiger partial charge in [-0.2, -0.15) is 0 Å². The maximum Gasteiger partial charge on any atom is 0.326 e. The Morgan fingerprint density at radius 1 is 1.50 bits per heavy atom. The van der Waals surface area contributed by atoms with Crippen LogP contribution in [0.25, 0.3) is 0 Å². The third kappa shape index (κ3) is 4.86. The van der Waals surface area contributed by atoms with Gasteiger partial charge in [-0.1, -0.05) is 13.8 Å². The van der Waals surface area contributed by atoms with Crippen LogP contribution in [0.4, 0.5) is 4.79 Å². The van der Waals surface area contributed by atoms with Crippen LogP contribution in [0.2, 0.25) is 0 Å². The summed E-state index contributed by atoms with van der Waals surface area (Å²) in [5.74, 6) is -0.834. The van der Waals surface area contributed by atoms with Gasteiger partial charge >= 0.3 is 12.0 Å². The van der Waals surface area contributed by atoms with Crippen LogP contribution in [0.1, 0.15) is 26.0 Å². The molecule has 0 saturated carbocycles. The van der Waals surface area contributed by atoms with E-state index in [1.807, 2.05) is 13.8 Å². The molecule has 0 aliphatic heterocycles. The van der Waals surface area contributed by atoms with Crippen molar-refractivity contribution in [2.75, 3.05) is 0 Å². The molecule has 18 heavy (non-hydrogen) atoms. The average Bonchev–Trinajstić information content (AvgIpc) is 2.77. The van der Waals surface area contributed by atoms with E-state index in [2.05, 4.69) is 20.6 Å². The number of H-pyrrole nitrogens is 1. The molecule has 4 N–H and O–H groups in total. The van der Waals surface area contributed by atoms with Crippen LogP contribution in [0.15, 0.2) is 12.5 Å². The van der Waals surface area contributed by atoms with Gasteiger partial charge in [0.25, 0.3) is 0 Å². The van der Waals surface area contributed by atoms with Crippen LogP contribution in [0.5, 0.6) is 0 Å². The molecule has 1 aromatic heterocycles. The van der Waals surface area contributed by atoms with E-state index in [1.54, 1.807) is 6.20 Å². The van der Waals surface area contributed by atoms with E-state index >= 15 is 0 Å². The summed E-state index contributed by atoms with van der Waals surface area (Å²) in [4.78, 5) is 29.1. The Kier molecular flexibility index (Phi) is 5.16. The van der Waals surface area contributed by atoms with E-state index in [1.165, 1.54) is 6.33 Å². The average molecular weight is 254 g/mol. The van der Waals surface area contributed by atoms with Crippen molar-refractivity contribution in [2.24, 2.45) is 5.92 Å². The van der Waals surface area contributed by atoms with Gasteiger partial charge in [0, 0.05) is 6.20 Å². The second-order valence-corrected chi connectivity index (χ2v) is 4.42. The lowest BCUT2D eigenvalue weighted by molar-refractivity contribution is -0.139. The van der Waals surface area contributed by atoms with Crippen molar-refractivity contribution in [1.82, 2.24) is 20.6 Å². The van der Waals surface area contributed by atoms with Gasteiger partial charge in [0.05, 0.1) is 18.6 Å². The molecule has 2 amide bonds. The number of hydrogen-bond donors (Lipinski definition) is 4. The zero-order valence-corrected chi connectivity index (χ0v) is 10.4. The number of nitrogens with one attached hydrogen (secondary N) is 3. The summed E-state index contributed by atoms with van der Waals surface area (Å²) in [7, 11) is 0.